The summed E-state index contributed by atoms with van der Waals surface area (Å²) < 4.78 is 38.6. The summed E-state index contributed by atoms with van der Waals surface area (Å²) in [5.41, 5.74) is -0.632. The Hall–Kier alpha value is -1.70. The smallest absolute Gasteiger partial charge is 0.384 e. The van der Waals surface area contributed by atoms with Crippen LogP contribution in [0, 0.1) is 16.7 Å². The van der Waals surface area contributed by atoms with Gasteiger partial charge in [-0.1, -0.05) is 19.8 Å². The second kappa shape index (κ2) is 5.35. The summed E-state index contributed by atoms with van der Waals surface area (Å²) >= 11 is 0. The van der Waals surface area contributed by atoms with Crippen molar-refractivity contribution in [1.82, 2.24) is 0 Å². The third-order valence-corrected chi connectivity index (χ3v) is 3.98. The molecule has 0 amide bonds. The molecule has 1 saturated carbocycles. The van der Waals surface area contributed by atoms with E-state index in [2.05, 4.69) is 12.2 Å². The van der Waals surface area contributed by atoms with Crippen LogP contribution >= 0.6 is 0 Å². The molecular formula is C15H17F3N2. The van der Waals surface area contributed by atoms with E-state index in [0.29, 0.717) is 12.2 Å². The molecule has 0 unspecified atom stereocenters. The van der Waals surface area contributed by atoms with Gasteiger partial charge in [-0.3, -0.25) is 0 Å². The summed E-state index contributed by atoms with van der Waals surface area (Å²) in [5.74, 6) is 0. The van der Waals surface area contributed by atoms with E-state index in [9.17, 15) is 13.2 Å². The molecule has 1 aliphatic carbocycles. The Labute approximate surface area is 116 Å². The van der Waals surface area contributed by atoms with Gasteiger partial charge in [-0.15, -0.1) is 0 Å². The zero-order valence-electron chi connectivity index (χ0n) is 11.3. The molecule has 0 bridgehead atoms. The van der Waals surface area contributed by atoms with Crippen LogP contribution in [0.25, 0.3) is 0 Å². The highest BCUT2D eigenvalue weighted by Gasteiger charge is 2.34. The van der Waals surface area contributed by atoms with Crippen molar-refractivity contribution in [2.75, 3.05) is 11.9 Å². The number of rotatable bonds is 3. The summed E-state index contributed by atoms with van der Waals surface area (Å²) in [5, 5.41) is 11.8. The molecule has 5 heteroatoms. The van der Waals surface area contributed by atoms with Crippen LogP contribution < -0.4 is 5.32 Å². The lowest BCUT2D eigenvalue weighted by Crippen LogP contribution is -2.23. The van der Waals surface area contributed by atoms with Crippen LogP contribution in [0.2, 0.25) is 0 Å². The molecule has 1 aliphatic rings. The van der Waals surface area contributed by atoms with Gasteiger partial charge in [0.25, 0.3) is 0 Å². The molecular weight excluding hydrogens is 265 g/mol. The molecule has 2 nitrogen and oxygen atoms in total. The highest BCUT2D eigenvalue weighted by Crippen LogP contribution is 2.38. The van der Waals surface area contributed by atoms with Crippen molar-refractivity contribution in [2.45, 2.75) is 38.8 Å². The molecule has 2 rings (SSSR count). The van der Waals surface area contributed by atoms with Crippen molar-refractivity contribution in [3.63, 3.8) is 0 Å². The Bertz CT molecular complexity index is 523. The summed E-state index contributed by atoms with van der Waals surface area (Å²) in [4.78, 5) is 0. The quantitative estimate of drug-likeness (QED) is 0.881. The first kappa shape index (κ1) is 14.7. The van der Waals surface area contributed by atoms with E-state index in [1.165, 1.54) is 25.0 Å². The topological polar surface area (TPSA) is 35.8 Å². The van der Waals surface area contributed by atoms with E-state index in [0.717, 1.165) is 18.9 Å². The van der Waals surface area contributed by atoms with Gasteiger partial charge < -0.3 is 5.32 Å². The summed E-state index contributed by atoms with van der Waals surface area (Å²) in [6.07, 6.45) is 0.0591. The Morgan fingerprint density at radius 2 is 1.95 bits per heavy atom. The van der Waals surface area contributed by atoms with Crippen molar-refractivity contribution in [3.05, 3.63) is 29.3 Å². The van der Waals surface area contributed by atoms with Gasteiger partial charge in [-0.25, -0.2) is 0 Å². The van der Waals surface area contributed by atoms with E-state index >= 15 is 0 Å². The van der Waals surface area contributed by atoms with Crippen LogP contribution in [0.15, 0.2) is 18.2 Å². The lowest BCUT2D eigenvalue weighted by atomic mass is 9.89. The number of alkyl halides is 3. The second-order valence-corrected chi connectivity index (χ2v) is 5.74. The molecule has 108 valence electrons. The molecule has 1 fully saturated rings. The van der Waals surface area contributed by atoms with Gasteiger partial charge in [0.05, 0.1) is 17.2 Å². The molecule has 0 heterocycles. The van der Waals surface area contributed by atoms with Gasteiger partial charge in [-0.05, 0) is 36.5 Å². The number of benzene rings is 1. The molecule has 0 aliphatic heterocycles. The zero-order chi connectivity index (χ0) is 14.8. The molecule has 1 aromatic carbocycles. The van der Waals surface area contributed by atoms with Gasteiger partial charge >= 0.3 is 6.18 Å². The van der Waals surface area contributed by atoms with Crippen molar-refractivity contribution in [2.24, 2.45) is 5.41 Å². The van der Waals surface area contributed by atoms with Gasteiger partial charge in [0.2, 0.25) is 0 Å². The van der Waals surface area contributed by atoms with Gasteiger partial charge in [-0.2, -0.15) is 18.4 Å². The predicted octanol–water partition coefficient (Wildman–Crippen LogP) is 4.57. The summed E-state index contributed by atoms with van der Waals surface area (Å²) in [6, 6.07) is 5.37. The first-order chi connectivity index (χ1) is 9.34. The minimum absolute atomic E-state index is 0.159. The highest BCUT2D eigenvalue weighted by molar-refractivity contribution is 5.53. The van der Waals surface area contributed by atoms with E-state index in [-0.39, 0.29) is 11.0 Å². The van der Waals surface area contributed by atoms with E-state index < -0.39 is 11.7 Å². The maximum Gasteiger partial charge on any atom is 0.417 e. The highest BCUT2D eigenvalue weighted by atomic mass is 19.4. The number of nitrogens with zero attached hydrogens (tertiary/aromatic N) is 1. The Kier molecular flexibility index (Phi) is 3.94. The Morgan fingerprint density at radius 1 is 1.30 bits per heavy atom. The minimum Gasteiger partial charge on any atom is -0.384 e. The number of hydrogen-bond acceptors (Lipinski definition) is 2. The molecule has 0 saturated heterocycles. The number of halogens is 3. The van der Waals surface area contributed by atoms with E-state index in [1.807, 2.05) is 0 Å². The largest absolute Gasteiger partial charge is 0.417 e. The second-order valence-electron chi connectivity index (χ2n) is 5.74. The first-order valence-corrected chi connectivity index (χ1v) is 6.69. The Balaban J connectivity index is 2.15. The molecule has 0 radical (unpaired) electrons. The first-order valence-electron chi connectivity index (χ1n) is 6.69. The van der Waals surface area contributed by atoms with Crippen molar-refractivity contribution >= 4 is 5.69 Å². The number of hydrogen-bond donors (Lipinski definition) is 1. The average Bonchev–Trinajstić information content (AvgIpc) is 2.82. The molecule has 0 aromatic heterocycles. The average molecular weight is 282 g/mol. The standard InChI is InChI=1S/C15H17F3N2/c1-14(6-2-3-7-14)10-20-12-5-4-11(9-19)13(8-12)15(16,17)18/h4-5,8,20H,2-3,6-7,10H2,1H3. The molecule has 0 spiro atoms. The zero-order valence-corrected chi connectivity index (χ0v) is 11.3. The fourth-order valence-corrected chi connectivity index (χ4v) is 2.71. The van der Waals surface area contributed by atoms with Crippen molar-refractivity contribution in [1.29, 1.82) is 5.26 Å². The predicted molar refractivity (Wildman–Crippen MR) is 71.2 cm³/mol. The summed E-state index contributed by atoms with van der Waals surface area (Å²) in [6.45, 7) is 2.82. The van der Waals surface area contributed by atoms with Crippen LogP contribution in [0.3, 0.4) is 0 Å². The molecule has 1 N–H and O–H groups in total. The third kappa shape index (κ3) is 3.24. The molecule has 0 atom stereocenters. The SMILES string of the molecule is CC1(CNc2ccc(C#N)c(C(F)(F)F)c2)CCCC1. The third-order valence-electron chi connectivity index (χ3n) is 3.98. The molecule has 1 aromatic rings. The molecule has 20 heavy (non-hydrogen) atoms. The Morgan fingerprint density at radius 3 is 2.50 bits per heavy atom. The maximum absolute atomic E-state index is 12.9. The lowest BCUT2D eigenvalue weighted by Gasteiger charge is -2.24. The number of nitrogens with one attached hydrogen (secondary N) is 1. The lowest BCUT2D eigenvalue weighted by molar-refractivity contribution is -0.137. The van der Waals surface area contributed by atoms with Crippen LogP contribution in [0.4, 0.5) is 18.9 Å². The fourth-order valence-electron chi connectivity index (χ4n) is 2.71. The maximum atomic E-state index is 12.9. The van der Waals surface area contributed by atoms with Crippen molar-refractivity contribution < 1.29 is 13.2 Å². The van der Waals surface area contributed by atoms with Crippen LogP contribution in [-0.4, -0.2) is 6.54 Å². The normalized spacial score (nSPS) is 17.8. The van der Waals surface area contributed by atoms with Crippen LogP contribution in [0.1, 0.15) is 43.7 Å². The fraction of sp³-hybridized carbons (Fsp3) is 0.533. The van der Waals surface area contributed by atoms with E-state index in [4.69, 9.17) is 5.26 Å². The minimum atomic E-state index is -4.50. The van der Waals surface area contributed by atoms with Gasteiger partial charge in [0, 0.05) is 12.2 Å². The van der Waals surface area contributed by atoms with Crippen LogP contribution in [-0.2, 0) is 6.18 Å². The van der Waals surface area contributed by atoms with Gasteiger partial charge in [0.1, 0.15) is 0 Å². The number of nitriles is 1. The van der Waals surface area contributed by atoms with Crippen LogP contribution in [0.5, 0.6) is 0 Å². The van der Waals surface area contributed by atoms with E-state index in [1.54, 1.807) is 6.07 Å². The van der Waals surface area contributed by atoms with Crippen molar-refractivity contribution in [3.8, 4) is 6.07 Å². The monoisotopic (exact) mass is 282 g/mol. The van der Waals surface area contributed by atoms with Gasteiger partial charge in [0.15, 0.2) is 0 Å². The summed E-state index contributed by atoms with van der Waals surface area (Å²) in [7, 11) is 0. The number of anilines is 1.